The lowest BCUT2D eigenvalue weighted by Crippen LogP contribution is -2.44. The molecule has 1 heterocycles. The van der Waals surface area contributed by atoms with Gasteiger partial charge in [-0.15, -0.1) is 0 Å². The number of rotatable bonds is 3. The molecule has 0 radical (unpaired) electrons. The van der Waals surface area contributed by atoms with Gasteiger partial charge in [0.15, 0.2) is 5.96 Å². The number of ether oxygens (including phenoxy) is 1. The zero-order chi connectivity index (χ0) is 16.5. The molecule has 0 saturated carbocycles. The molecule has 0 spiro atoms. The molecule has 0 atom stereocenters. The van der Waals surface area contributed by atoms with E-state index in [4.69, 9.17) is 21.3 Å². The van der Waals surface area contributed by atoms with E-state index < -0.39 is 0 Å². The summed E-state index contributed by atoms with van der Waals surface area (Å²) in [5, 5.41) is 7.57. The number of piperazine rings is 1. The van der Waals surface area contributed by atoms with Crippen molar-refractivity contribution in [3.63, 3.8) is 0 Å². The first kappa shape index (κ1) is 18.1. The molecule has 1 aromatic rings. The molecule has 0 aliphatic carbocycles. The lowest BCUT2D eigenvalue weighted by molar-refractivity contribution is 0.312. The molecule has 0 aromatic heterocycles. The lowest BCUT2D eigenvalue weighted by Gasteiger charge is -2.34. The zero-order valence-electron chi connectivity index (χ0n) is 13.6. The van der Waals surface area contributed by atoms with Crippen molar-refractivity contribution >= 4 is 17.3 Å². The van der Waals surface area contributed by atoms with Gasteiger partial charge in [-0.1, -0.05) is 0 Å². The highest BCUT2D eigenvalue weighted by molar-refractivity contribution is 5.80. The van der Waals surface area contributed by atoms with Crippen LogP contribution in [0, 0.1) is 0 Å². The van der Waals surface area contributed by atoms with E-state index in [0.717, 1.165) is 31.9 Å². The van der Waals surface area contributed by atoms with Crippen molar-refractivity contribution in [1.29, 1.82) is 0 Å². The Morgan fingerprint density at radius 1 is 1.27 bits per heavy atom. The normalized spacial score (nSPS) is 14.8. The van der Waals surface area contributed by atoms with Crippen LogP contribution >= 0.6 is 0 Å². The molecule has 1 fully saturated rings. The molecule has 0 bridgehead atoms. The maximum Gasteiger partial charge on any atom is 0.191 e. The third-order valence-corrected chi connectivity index (χ3v) is 3.28. The van der Waals surface area contributed by atoms with Gasteiger partial charge >= 0.3 is 0 Å². The highest BCUT2D eigenvalue weighted by atomic mass is 16.5. The fourth-order valence-electron chi connectivity index (χ4n) is 2.16. The molecule has 1 aliphatic rings. The minimum absolute atomic E-state index is 0.0330. The maximum absolute atomic E-state index is 7.57. The largest absolute Gasteiger partial charge is 0.494 e. The average molecular weight is 309 g/mol. The first-order valence-electron chi connectivity index (χ1n) is 7.33. The van der Waals surface area contributed by atoms with Crippen LogP contribution in [0.5, 0.6) is 5.75 Å². The number of hydrogen-bond donors (Lipinski definition) is 3. The van der Waals surface area contributed by atoms with Crippen molar-refractivity contribution in [1.82, 2.24) is 4.90 Å². The molecule has 0 unspecified atom stereocenters. The highest BCUT2D eigenvalue weighted by Crippen LogP contribution is 2.32. The smallest absolute Gasteiger partial charge is 0.191 e. The van der Waals surface area contributed by atoms with Crippen LogP contribution in [0.3, 0.4) is 0 Å². The van der Waals surface area contributed by atoms with Crippen molar-refractivity contribution in [3.05, 3.63) is 18.2 Å². The molecule has 1 aromatic carbocycles. The van der Waals surface area contributed by atoms with Gasteiger partial charge in [0.05, 0.1) is 7.11 Å². The quantitative estimate of drug-likeness (QED) is 0.550. The highest BCUT2D eigenvalue weighted by Gasteiger charge is 2.15. The SMILES string of the molecule is CCO.COc1cc(N2CCN(C)CC2)ccc1N=C(N)N. The van der Waals surface area contributed by atoms with E-state index in [2.05, 4.69) is 21.8 Å². The molecular formula is C15H27N5O2. The Labute approximate surface area is 132 Å². The molecular weight excluding hydrogens is 282 g/mol. The lowest BCUT2D eigenvalue weighted by atomic mass is 10.2. The molecule has 0 amide bonds. The number of hydrogen-bond acceptors (Lipinski definition) is 5. The van der Waals surface area contributed by atoms with Crippen LogP contribution in [0.15, 0.2) is 23.2 Å². The number of likely N-dealkylation sites (N-methyl/N-ethyl adjacent to an activating group) is 1. The number of methoxy groups -OCH3 is 1. The number of aliphatic hydroxyl groups excluding tert-OH is 1. The third-order valence-electron chi connectivity index (χ3n) is 3.28. The summed E-state index contributed by atoms with van der Waals surface area (Å²) in [4.78, 5) is 8.71. The molecule has 2 rings (SSSR count). The second-order valence-electron chi connectivity index (χ2n) is 5.00. The van der Waals surface area contributed by atoms with Crippen LogP contribution in [0.4, 0.5) is 11.4 Å². The number of guanidine groups is 1. The van der Waals surface area contributed by atoms with Gasteiger partial charge < -0.3 is 31.1 Å². The molecule has 5 N–H and O–H groups in total. The topological polar surface area (TPSA) is 100 Å². The summed E-state index contributed by atoms with van der Waals surface area (Å²) in [6.07, 6.45) is 0. The summed E-state index contributed by atoms with van der Waals surface area (Å²) in [7, 11) is 3.76. The van der Waals surface area contributed by atoms with Gasteiger partial charge in [-0.25, -0.2) is 4.99 Å². The second-order valence-corrected chi connectivity index (χ2v) is 5.00. The molecule has 1 aliphatic heterocycles. The number of benzene rings is 1. The van der Waals surface area contributed by atoms with Gasteiger partial charge in [-0.05, 0) is 26.1 Å². The van der Waals surface area contributed by atoms with Crippen molar-refractivity contribution in [2.75, 3.05) is 51.8 Å². The van der Waals surface area contributed by atoms with Crippen LogP contribution in [0.25, 0.3) is 0 Å². The minimum Gasteiger partial charge on any atom is -0.494 e. The van der Waals surface area contributed by atoms with E-state index in [1.165, 1.54) is 0 Å². The molecule has 7 heteroatoms. The van der Waals surface area contributed by atoms with Crippen molar-refractivity contribution in [2.45, 2.75) is 6.92 Å². The Morgan fingerprint density at radius 3 is 2.36 bits per heavy atom. The van der Waals surface area contributed by atoms with Gasteiger partial charge in [0.25, 0.3) is 0 Å². The van der Waals surface area contributed by atoms with Gasteiger partial charge in [-0.2, -0.15) is 0 Å². The van der Waals surface area contributed by atoms with Crippen LogP contribution in [0.1, 0.15) is 6.92 Å². The number of aliphatic hydroxyl groups is 1. The van der Waals surface area contributed by atoms with Gasteiger partial charge in [0.2, 0.25) is 0 Å². The third kappa shape index (κ3) is 5.42. The summed E-state index contributed by atoms with van der Waals surface area (Å²) in [5.41, 5.74) is 12.6. The van der Waals surface area contributed by atoms with Gasteiger partial charge in [0.1, 0.15) is 11.4 Å². The standard InChI is InChI=1S/C13H21N5O.C2H6O/c1-17-5-7-18(8-6-17)10-3-4-11(16-13(14)15)12(9-10)19-2;1-2-3/h3-4,9H,5-8H2,1-2H3,(H4,14,15,16);3H,2H2,1H3. The van der Waals surface area contributed by atoms with Crippen LogP contribution in [-0.4, -0.2) is 62.9 Å². The molecule has 22 heavy (non-hydrogen) atoms. The zero-order valence-corrected chi connectivity index (χ0v) is 13.6. The Bertz CT molecular complexity index is 481. The average Bonchev–Trinajstić information content (AvgIpc) is 2.49. The van der Waals surface area contributed by atoms with Crippen LogP contribution in [0.2, 0.25) is 0 Å². The molecule has 124 valence electrons. The summed E-state index contributed by atoms with van der Waals surface area (Å²) >= 11 is 0. The Kier molecular flexibility index (Phi) is 7.48. The van der Waals surface area contributed by atoms with Crippen molar-refractivity contribution in [2.24, 2.45) is 16.5 Å². The number of aliphatic imine (C=N–C) groups is 1. The van der Waals surface area contributed by atoms with Crippen LogP contribution in [-0.2, 0) is 0 Å². The van der Waals surface area contributed by atoms with E-state index in [1.54, 1.807) is 14.0 Å². The van der Waals surface area contributed by atoms with E-state index in [1.807, 2.05) is 18.2 Å². The van der Waals surface area contributed by atoms with Gasteiger partial charge in [0, 0.05) is 44.5 Å². The van der Waals surface area contributed by atoms with Gasteiger partial charge in [-0.3, -0.25) is 0 Å². The van der Waals surface area contributed by atoms with Crippen molar-refractivity contribution in [3.8, 4) is 5.75 Å². The van der Waals surface area contributed by atoms with E-state index >= 15 is 0 Å². The monoisotopic (exact) mass is 309 g/mol. The van der Waals surface area contributed by atoms with E-state index in [0.29, 0.717) is 11.4 Å². The predicted molar refractivity (Wildman–Crippen MR) is 90.9 cm³/mol. The summed E-state index contributed by atoms with van der Waals surface area (Å²) in [6, 6.07) is 5.88. The minimum atomic E-state index is 0.0330. The number of nitrogens with zero attached hydrogens (tertiary/aromatic N) is 3. The Morgan fingerprint density at radius 2 is 1.86 bits per heavy atom. The fourth-order valence-corrected chi connectivity index (χ4v) is 2.16. The van der Waals surface area contributed by atoms with Crippen molar-refractivity contribution < 1.29 is 9.84 Å². The Balaban J connectivity index is 0.000000745. The Hall–Kier alpha value is -1.99. The predicted octanol–water partition coefficient (Wildman–Crippen LogP) is 0.351. The van der Waals surface area contributed by atoms with Crippen LogP contribution < -0.4 is 21.1 Å². The first-order chi connectivity index (χ1) is 10.5. The first-order valence-corrected chi connectivity index (χ1v) is 7.33. The number of anilines is 1. The number of nitrogens with two attached hydrogens (primary N) is 2. The van der Waals surface area contributed by atoms with E-state index in [9.17, 15) is 0 Å². The summed E-state index contributed by atoms with van der Waals surface area (Å²) < 4.78 is 5.34. The summed E-state index contributed by atoms with van der Waals surface area (Å²) in [6.45, 7) is 6.10. The fraction of sp³-hybridized carbons (Fsp3) is 0.533. The molecule has 7 nitrogen and oxygen atoms in total. The summed E-state index contributed by atoms with van der Waals surface area (Å²) in [5.74, 6) is 0.718. The van der Waals surface area contributed by atoms with E-state index in [-0.39, 0.29) is 12.6 Å². The molecule has 1 saturated heterocycles. The second kappa shape index (κ2) is 9.11. The maximum atomic E-state index is 7.57.